The maximum absolute atomic E-state index is 12.6. The highest BCUT2D eigenvalue weighted by Crippen LogP contribution is 2.39. The summed E-state index contributed by atoms with van der Waals surface area (Å²) in [7, 11) is 0. The number of aromatic nitrogens is 1. The molecule has 3 rings (SSSR count). The van der Waals surface area contributed by atoms with Gasteiger partial charge in [-0.2, -0.15) is 0 Å². The second-order valence-corrected chi connectivity index (χ2v) is 5.28. The Kier molecular flexibility index (Phi) is 3.80. The van der Waals surface area contributed by atoms with Crippen LogP contribution >= 0.6 is 0 Å². The monoisotopic (exact) mass is 284 g/mol. The normalized spacial score (nSPS) is 14.2. The third kappa shape index (κ3) is 2.59. The molecule has 4 nitrogen and oxygen atoms in total. The highest BCUT2D eigenvalue weighted by molar-refractivity contribution is 5.68. The van der Waals surface area contributed by atoms with Crippen LogP contribution in [0.25, 0.3) is 11.3 Å². The van der Waals surface area contributed by atoms with Gasteiger partial charge < -0.3 is 15.0 Å². The van der Waals surface area contributed by atoms with Crippen molar-refractivity contribution in [1.82, 2.24) is 4.57 Å². The molecule has 4 heteroatoms. The summed E-state index contributed by atoms with van der Waals surface area (Å²) >= 11 is 0. The van der Waals surface area contributed by atoms with Crippen LogP contribution in [0.2, 0.25) is 0 Å². The average molecular weight is 284 g/mol. The lowest BCUT2D eigenvalue weighted by molar-refractivity contribution is 0.341. The lowest BCUT2D eigenvalue weighted by Gasteiger charge is -2.16. The Balaban J connectivity index is 2.19. The van der Waals surface area contributed by atoms with Gasteiger partial charge in [0.15, 0.2) is 0 Å². The van der Waals surface area contributed by atoms with E-state index in [1.807, 2.05) is 47.9 Å². The zero-order chi connectivity index (χ0) is 14.8. The molecule has 0 spiro atoms. The van der Waals surface area contributed by atoms with Crippen molar-refractivity contribution in [3.8, 4) is 17.0 Å². The Morgan fingerprint density at radius 3 is 2.67 bits per heavy atom. The summed E-state index contributed by atoms with van der Waals surface area (Å²) in [6.45, 7) is 2.84. The van der Waals surface area contributed by atoms with E-state index in [2.05, 4.69) is 0 Å². The lowest BCUT2D eigenvalue weighted by Crippen LogP contribution is -2.26. The average Bonchev–Trinajstić information content (AvgIpc) is 3.32. The number of hydrogen-bond donors (Lipinski definition) is 1. The largest absolute Gasteiger partial charge is 0.493 e. The first-order chi connectivity index (χ1) is 10.3. The molecule has 21 heavy (non-hydrogen) atoms. The van der Waals surface area contributed by atoms with Crippen LogP contribution in [0.1, 0.15) is 31.4 Å². The molecular formula is C17H20N2O2. The van der Waals surface area contributed by atoms with Crippen molar-refractivity contribution < 1.29 is 4.74 Å². The van der Waals surface area contributed by atoms with Gasteiger partial charge in [0.1, 0.15) is 5.75 Å². The van der Waals surface area contributed by atoms with Crippen molar-refractivity contribution in [2.75, 3.05) is 6.61 Å². The van der Waals surface area contributed by atoms with E-state index in [0.29, 0.717) is 18.2 Å². The van der Waals surface area contributed by atoms with Crippen molar-refractivity contribution in [2.45, 2.75) is 32.4 Å². The number of para-hydroxylation sites is 1. The van der Waals surface area contributed by atoms with Crippen molar-refractivity contribution >= 4 is 0 Å². The smallest absolute Gasteiger partial charge is 0.255 e. The fourth-order valence-corrected chi connectivity index (χ4v) is 2.63. The molecule has 0 aliphatic heterocycles. The number of hydrogen-bond acceptors (Lipinski definition) is 3. The predicted octanol–water partition coefficient (Wildman–Crippen LogP) is 2.71. The first-order valence-electron chi connectivity index (χ1n) is 7.43. The molecule has 1 aromatic carbocycles. The fourth-order valence-electron chi connectivity index (χ4n) is 2.63. The third-order valence-corrected chi connectivity index (χ3v) is 3.79. The van der Waals surface area contributed by atoms with Gasteiger partial charge in [-0.25, -0.2) is 0 Å². The van der Waals surface area contributed by atoms with Crippen molar-refractivity contribution in [1.29, 1.82) is 0 Å². The highest BCUT2D eigenvalue weighted by atomic mass is 16.5. The van der Waals surface area contributed by atoms with Crippen LogP contribution in [0.15, 0.2) is 41.2 Å². The Hall–Kier alpha value is -2.07. The molecule has 1 aliphatic rings. The molecule has 0 radical (unpaired) electrons. The van der Waals surface area contributed by atoms with Gasteiger partial charge in [0.05, 0.1) is 12.3 Å². The van der Waals surface area contributed by atoms with Gasteiger partial charge in [0.25, 0.3) is 5.56 Å². The maximum Gasteiger partial charge on any atom is 0.255 e. The number of ether oxygens (including phenoxy) is 1. The van der Waals surface area contributed by atoms with Crippen molar-refractivity contribution in [2.24, 2.45) is 5.73 Å². The SMILES string of the molecule is CCOc1ccccc1-c1ccc(CN)c(=O)n1C1CC1. The molecule has 2 aromatic rings. The van der Waals surface area contributed by atoms with Crippen LogP contribution in [0.4, 0.5) is 0 Å². The molecule has 1 saturated carbocycles. The van der Waals surface area contributed by atoms with Crippen LogP contribution in [-0.2, 0) is 6.54 Å². The van der Waals surface area contributed by atoms with Gasteiger partial charge in [0, 0.05) is 23.7 Å². The van der Waals surface area contributed by atoms with E-state index >= 15 is 0 Å². The van der Waals surface area contributed by atoms with E-state index in [1.165, 1.54) is 0 Å². The van der Waals surface area contributed by atoms with E-state index in [1.54, 1.807) is 0 Å². The standard InChI is InChI=1S/C17H20N2O2/c1-2-21-16-6-4-3-5-14(16)15-10-7-12(11-18)17(20)19(15)13-8-9-13/h3-7,10,13H,2,8-9,11,18H2,1H3. The molecule has 0 amide bonds. The van der Waals surface area contributed by atoms with E-state index < -0.39 is 0 Å². The first kappa shape index (κ1) is 13.9. The second-order valence-electron chi connectivity index (χ2n) is 5.28. The Bertz CT molecular complexity index is 702. The van der Waals surface area contributed by atoms with Gasteiger partial charge in [0.2, 0.25) is 0 Å². The molecule has 0 unspecified atom stereocenters. The summed E-state index contributed by atoms with van der Waals surface area (Å²) in [5.74, 6) is 0.814. The van der Waals surface area contributed by atoms with Gasteiger partial charge >= 0.3 is 0 Å². The minimum Gasteiger partial charge on any atom is -0.493 e. The van der Waals surface area contributed by atoms with E-state index in [9.17, 15) is 4.79 Å². The maximum atomic E-state index is 12.6. The van der Waals surface area contributed by atoms with E-state index in [4.69, 9.17) is 10.5 Å². The van der Waals surface area contributed by atoms with Gasteiger partial charge in [-0.3, -0.25) is 4.79 Å². The van der Waals surface area contributed by atoms with Crippen LogP contribution in [0, 0.1) is 0 Å². The van der Waals surface area contributed by atoms with Gasteiger partial charge in [-0.1, -0.05) is 18.2 Å². The Labute approximate surface area is 124 Å². The Morgan fingerprint density at radius 1 is 1.24 bits per heavy atom. The zero-order valence-electron chi connectivity index (χ0n) is 12.2. The highest BCUT2D eigenvalue weighted by Gasteiger charge is 2.28. The predicted molar refractivity (Wildman–Crippen MR) is 83.5 cm³/mol. The number of nitrogens with two attached hydrogens (primary N) is 1. The molecular weight excluding hydrogens is 264 g/mol. The Morgan fingerprint density at radius 2 is 2.00 bits per heavy atom. The van der Waals surface area contributed by atoms with Crippen LogP contribution in [0.5, 0.6) is 5.75 Å². The van der Waals surface area contributed by atoms with Gasteiger partial charge in [-0.15, -0.1) is 0 Å². The summed E-state index contributed by atoms with van der Waals surface area (Å²) in [4.78, 5) is 12.6. The molecule has 1 heterocycles. The van der Waals surface area contributed by atoms with Crippen molar-refractivity contribution in [3.05, 3.63) is 52.3 Å². The number of rotatable bonds is 5. The van der Waals surface area contributed by atoms with E-state index in [0.717, 1.165) is 29.8 Å². The minimum absolute atomic E-state index is 0.0313. The fraction of sp³-hybridized carbons (Fsp3) is 0.353. The van der Waals surface area contributed by atoms with Gasteiger partial charge in [-0.05, 0) is 38.0 Å². The third-order valence-electron chi connectivity index (χ3n) is 3.79. The molecule has 0 saturated heterocycles. The number of pyridine rings is 1. The molecule has 1 fully saturated rings. The summed E-state index contributed by atoms with van der Waals surface area (Å²) in [6, 6.07) is 12.0. The zero-order valence-corrected chi connectivity index (χ0v) is 12.2. The number of benzene rings is 1. The molecule has 110 valence electrons. The summed E-state index contributed by atoms with van der Waals surface area (Å²) in [6.07, 6.45) is 2.11. The quantitative estimate of drug-likeness (QED) is 0.918. The topological polar surface area (TPSA) is 57.2 Å². The molecule has 0 bridgehead atoms. The second kappa shape index (κ2) is 5.74. The summed E-state index contributed by atoms with van der Waals surface area (Å²) < 4.78 is 7.59. The molecule has 0 atom stereocenters. The lowest BCUT2D eigenvalue weighted by atomic mass is 10.1. The van der Waals surface area contributed by atoms with Crippen LogP contribution in [0.3, 0.4) is 0 Å². The van der Waals surface area contributed by atoms with Crippen molar-refractivity contribution in [3.63, 3.8) is 0 Å². The van der Waals surface area contributed by atoms with Crippen LogP contribution in [-0.4, -0.2) is 11.2 Å². The molecule has 1 aromatic heterocycles. The molecule has 1 aliphatic carbocycles. The summed E-state index contributed by atoms with van der Waals surface area (Å²) in [5.41, 5.74) is 8.25. The molecule has 2 N–H and O–H groups in total. The van der Waals surface area contributed by atoms with E-state index in [-0.39, 0.29) is 12.1 Å². The number of nitrogens with zero attached hydrogens (tertiary/aromatic N) is 1. The summed E-state index contributed by atoms with van der Waals surface area (Å²) in [5, 5.41) is 0. The minimum atomic E-state index is 0.0313. The first-order valence-corrected chi connectivity index (χ1v) is 7.43. The van der Waals surface area contributed by atoms with Crippen LogP contribution < -0.4 is 16.0 Å².